The standard InChI is InChI=1S/C13H15ClFN5O/c1-3-6-16-11-18-12(20-13(19-11)21-2)17-10-7-8(14)4-5-9(10)15/h4-5,7H,3,6H2,1-2H3,(H2,16,17,18,19,20). The smallest absolute Gasteiger partial charge is 0.322 e. The van der Waals surface area contributed by atoms with Gasteiger partial charge < -0.3 is 15.4 Å². The Morgan fingerprint density at radius 2 is 2.00 bits per heavy atom. The molecule has 1 heterocycles. The molecule has 2 aromatic rings. The molecule has 0 aliphatic heterocycles. The maximum absolute atomic E-state index is 13.7. The number of ether oxygens (including phenoxy) is 1. The minimum atomic E-state index is -0.457. The van der Waals surface area contributed by atoms with Gasteiger partial charge in [-0.25, -0.2) is 4.39 Å². The van der Waals surface area contributed by atoms with E-state index in [-0.39, 0.29) is 17.6 Å². The van der Waals surface area contributed by atoms with Crippen LogP contribution in [0.2, 0.25) is 5.02 Å². The molecule has 112 valence electrons. The second-order valence-corrected chi connectivity index (χ2v) is 4.58. The Labute approximate surface area is 126 Å². The zero-order valence-electron chi connectivity index (χ0n) is 11.7. The maximum Gasteiger partial charge on any atom is 0.322 e. The fourth-order valence-corrected chi connectivity index (χ4v) is 1.71. The molecule has 0 aliphatic carbocycles. The molecule has 2 N–H and O–H groups in total. The van der Waals surface area contributed by atoms with E-state index in [2.05, 4.69) is 25.6 Å². The van der Waals surface area contributed by atoms with Crippen LogP contribution >= 0.6 is 11.6 Å². The van der Waals surface area contributed by atoms with Crippen LogP contribution in [0.3, 0.4) is 0 Å². The number of methoxy groups -OCH3 is 1. The first kappa shape index (κ1) is 15.2. The van der Waals surface area contributed by atoms with Crippen molar-refractivity contribution in [3.05, 3.63) is 29.0 Å². The zero-order valence-corrected chi connectivity index (χ0v) is 12.4. The molecule has 21 heavy (non-hydrogen) atoms. The van der Waals surface area contributed by atoms with E-state index >= 15 is 0 Å². The van der Waals surface area contributed by atoms with Crippen LogP contribution in [-0.2, 0) is 0 Å². The van der Waals surface area contributed by atoms with Crippen LogP contribution < -0.4 is 15.4 Å². The number of anilines is 3. The highest BCUT2D eigenvalue weighted by molar-refractivity contribution is 6.30. The van der Waals surface area contributed by atoms with E-state index in [0.717, 1.165) is 6.42 Å². The van der Waals surface area contributed by atoms with Crippen molar-refractivity contribution in [1.82, 2.24) is 15.0 Å². The van der Waals surface area contributed by atoms with Gasteiger partial charge >= 0.3 is 6.01 Å². The Morgan fingerprint density at radius 1 is 1.24 bits per heavy atom. The summed E-state index contributed by atoms with van der Waals surface area (Å²) in [6.45, 7) is 2.73. The van der Waals surface area contributed by atoms with E-state index in [4.69, 9.17) is 16.3 Å². The summed E-state index contributed by atoms with van der Waals surface area (Å²) in [6.07, 6.45) is 0.916. The van der Waals surface area contributed by atoms with Gasteiger partial charge in [0.1, 0.15) is 5.82 Å². The van der Waals surface area contributed by atoms with Crippen molar-refractivity contribution in [3.63, 3.8) is 0 Å². The quantitative estimate of drug-likeness (QED) is 0.853. The molecule has 2 rings (SSSR count). The molecule has 6 nitrogen and oxygen atoms in total. The monoisotopic (exact) mass is 311 g/mol. The summed E-state index contributed by atoms with van der Waals surface area (Å²) in [5.41, 5.74) is 0.178. The number of hydrogen-bond donors (Lipinski definition) is 2. The fraction of sp³-hybridized carbons (Fsp3) is 0.308. The summed E-state index contributed by atoms with van der Waals surface area (Å²) in [4.78, 5) is 12.2. The lowest BCUT2D eigenvalue weighted by atomic mass is 10.3. The van der Waals surface area contributed by atoms with Crippen molar-refractivity contribution >= 4 is 29.2 Å². The first-order chi connectivity index (χ1) is 10.1. The molecule has 0 saturated carbocycles. The summed E-state index contributed by atoms with van der Waals surface area (Å²) in [6, 6.07) is 4.31. The molecule has 0 bridgehead atoms. The van der Waals surface area contributed by atoms with Gasteiger partial charge in [-0.1, -0.05) is 18.5 Å². The van der Waals surface area contributed by atoms with Crippen molar-refractivity contribution in [2.45, 2.75) is 13.3 Å². The molecule has 0 radical (unpaired) electrons. The summed E-state index contributed by atoms with van der Waals surface area (Å²) in [5, 5.41) is 6.19. The normalized spacial score (nSPS) is 10.3. The van der Waals surface area contributed by atoms with Crippen molar-refractivity contribution in [2.75, 3.05) is 24.3 Å². The van der Waals surface area contributed by atoms with E-state index in [0.29, 0.717) is 17.5 Å². The van der Waals surface area contributed by atoms with Crippen molar-refractivity contribution in [3.8, 4) is 6.01 Å². The van der Waals surface area contributed by atoms with Crippen molar-refractivity contribution in [2.24, 2.45) is 0 Å². The number of hydrogen-bond acceptors (Lipinski definition) is 6. The van der Waals surface area contributed by atoms with Gasteiger partial charge in [0.25, 0.3) is 0 Å². The molecule has 0 unspecified atom stereocenters. The Morgan fingerprint density at radius 3 is 2.71 bits per heavy atom. The molecule has 0 atom stereocenters. The fourth-order valence-electron chi connectivity index (χ4n) is 1.53. The van der Waals surface area contributed by atoms with E-state index in [1.807, 2.05) is 6.92 Å². The first-order valence-electron chi connectivity index (χ1n) is 6.38. The van der Waals surface area contributed by atoms with Gasteiger partial charge in [-0.15, -0.1) is 0 Å². The third kappa shape index (κ3) is 4.16. The third-order valence-corrected chi connectivity index (χ3v) is 2.74. The average molecular weight is 312 g/mol. The zero-order chi connectivity index (χ0) is 15.2. The van der Waals surface area contributed by atoms with E-state index < -0.39 is 5.82 Å². The number of benzene rings is 1. The highest BCUT2D eigenvalue weighted by Gasteiger charge is 2.09. The van der Waals surface area contributed by atoms with Crippen LogP contribution in [0.1, 0.15) is 13.3 Å². The minimum Gasteiger partial charge on any atom is -0.467 e. The predicted octanol–water partition coefficient (Wildman–Crippen LogP) is 3.24. The topological polar surface area (TPSA) is 72.0 Å². The van der Waals surface area contributed by atoms with Crippen LogP contribution in [0.4, 0.5) is 22.0 Å². The highest BCUT2D eigenvalue weighted by Crippen LogP contribution is 2.23. The second kappa shape index (κ2) is 7.03. The SMILES string of the molecule is CCCNc1nc(Nc2cc(Cl)ccc2F)nc(OC)n1. The minimum absolute atomic E-state index is 0.133. The van der Waals surface area contributed by atoms with Crippen LogP contribution in [0, 0.1) is 5.82 Å². The molecule has 8 heteroatoms. The Hall–Kier alpha value is -2.15. The largest absolute Gasteiger partial charge is 0.467 e. The van der Waals surface area contributed by atoms with E-state index in [1.165, 1.54) is 25.3 Å². The number of halogens is 2. The predicted molar refractivity (Wildman–Crippen MR) is 79.9 cm³/mol. The number of nitrogens with zero attached hydrogens (tertiary/aromatic N) is 3. The first-order valence-corrected chi connectivity index (χ1v) is 6.76. The number of nitrogens with one attached hydrogen (secondary N) is 2. The van der Waals surface area contributed by atoms with Gasteiger partial charge in [0.15, 0.2) is 0 Å². The summed E-state index contributed by atoms with van der Waals surface area (Å²) < 4.78 is 18.7. The molecule has 0 amide bonds. The number of aromatic nitrogens is 3. The molecule has 1 aromatic heterocycles. The molecule has 0 fully saturated rings. The van der Waals surface area contributed by atoms with Gasteiger partial charge in [-0.2, -0.15) is 15.0 Å². The molecular formula is C13H15ClFN5O. The number of rotatable bonds is 6. The maximum atomic E-state index is 13.7. The Bertz CT molecular complexity index is 626. The summed E-state index contributed by atoms with van der Waals surface area (Å²) >= 11 is 5.84. The molecule has 1 aromatic carbocycles. The molecular weight excluding hydrogens is 297 g/mol. The molecule has 0 aliphatic rings. The van der Waals surface area contributed by atoms with Gasteiger partial charge in [0, 0.05) is 11.6 Å². The average Bonchev–Trinajstić information content (AvgIpc) is 2.48. The summed E-state index contributed by atoms with van der Waals surface area (Å²) in [5.74, 6) is 0.0668. The Kier molecular flexibility index (Phi) is 5.10. The van der Waals surface area contributed by atoms with Gasteiger partial charge in [0.2, 0.25) is 11.9 Å². The van der Waals surface area contributed by atoms with Gasteiger partial charge in [0.05, 0.1) is 12.8 Å². The Balaban J connectivity index is 2.27. The van der Waals surface area contributed by atoms with Crippen LogP contribution in [-0.4, -0.2) is 28.6 Å². The van der Waals surface area contributed by atoms with Crippen molar-refractivity contribution < 1.29 is 9.13 Å². The molecule has 0 spiro atoms. The second-order valence-electron chi connectivity index (χ2n) is 4.15. The van der Waals surface area contributed by atoms with E-state index in [9.17, 15) is 4.39 Å². The van der Waals surface area contributed by atoms with Crippen LogP contribution in [0.5, 0.6) is 6.01 Å². The van der Waals surface area contributed by atoms with Crippen LogP contribution in [0.25, 0.3) is 0 Å². The lowest BCUT2D eigenvalue weighted by Gasteiger charge is -2.09. The van der Waals surface area contributed by atoms with Gasteiger partial charge in [-0.05, 0) is 24.6 Å². The lowest BCUT2D eigenvalue weighted by Crippen LogP contribution is -2.09. The van der Waals surface area contributed by atoms with Gasteiger partial charge in [-0.3, -0.25) is 0 Å². The molecule has 0 saturated heterocycles. The van der Waals surface area contributed by atoms with Crippen LogP contribution in [0.15, 0.2) is 18.2 Å². The summed E-state index contributed by atoms with van der Waals surface area (Å²) in [7, 11) is 1.45. The highest BCUT2D eigenvalue weighted by atomic mass is 35.5. The lowest BCUT2D eigenvalue weighted by molar-refractivity contribution is 0.379. The third-order valence-electron chi connectivity index (χ3n) is 2.51. The van der Waals surface area contributed by atoms with E-state index in [1.54, 1.807) is 0 Å². The van der Waals surface area contributed by atoms with Crippen molar-refractivity contribution in [1.29, 1.82) is 0 Å².